The zero-order valence-electron chi connectivity index (χ0n) is 10.3. The Morgan fingerprint density at radius 1 is 1.61 bits per heavy atom. The van der Waals surface area contributed by atoms with E-state index in [0.29, 0.717) is 10.0 Å². The van der Waals surface area contributed by atoms with Gasteiger partial charge in [0.25, 0.3) is 5.91 Å². The Morgan fingerprint density at radius 3 is 2.89 bits per heavy atom. The number of nitrogens with one attached hydrogen (secondary N) is 2. The van der Waals surface area contributed by atoms with Crippen molar-refractivity contribution < 1.29 is 9.90 Å². The van der Waals surface area contributed by atoms with Crippen molar-refractivity contribution in [3.8, 4) is 0 Å². The molecule has 1 aromatic rings. The van der Waals surface area contributed by atoms with Gasteiger partial charge in [-0.2, -0.15) is 0 Å². The fourth-order valence-electron chi connectivity index (χ4n) is 1.57. The van der Waals surface area contributed by atoms with Gasteiger partial charge in [-0.15, -0.1) is 0 Å². The second-order valence-corrected chi connectivity index (χ2v) is 5.55. The molecule has 7 heteroatoms. The molecule has 0 aromatic carbocycles. The number of anilines is 2. The van der Waals surface area contributed by atoms with Crippen molar-refractivity contribution in [3.05, 3.63) is 4.88 Å². The molecule has 0 radical (unpaired) electrons. The predicted molar refractivity (Wildman–Crippen MR) is 71.8 cm³/mol. The summed E-state index contributed by atoms with van der Waals surface area (Å²) < 4.78 is 0. The SMILES string of the molecule is CCCNc1nc(N)c(C(=O)NC2(CO)CC2)s1. The Labute approximate surface area is 110 Å². The van der Waals surface area contributed by atoms with Gasteiger partial charge >= 0.3 is 0 Å². The molecule has 1 aliphatic carbocycles. The highest BCUT2D eigenvalue weighted by Crippen LogP contribution is 2.35. The summed E-state index contributed by atoms with van der Waals surface area (Å²) in [5.41, 5.74) is 5.30. The maximum Gasteiger partial charge on any atom is 0.265 e. The molecule has 0 unspecified atom stereocenters. The van der Waals surface area contributed by atoms with Gasteiger partial charge in [-0.05, 0) is 19.3 Å². The molecule has 1 aliphatic rings. The second kappa shape index (κ2) is 5.11. The third kappa shape index (κ3) is 2.73. The van der Waals surface area contributed by atoms with Crippen molar-refractivity contribution >= 4 is 28.2 Å². The number of aromatic nitrogens is 1. The summed E-state index contributed by atoms with van der Waals surface area (Å²) in [5.74, 6) is -0.00839. The molecule has 1 aromatic heterocycles. The van der Waals surface area contributed by atoms with Gasteiger partial charge in [0.05, 0.1) is 12.1 Å². The van der Waals surface area contributed by atoms with Crippen LogP contribution < -0.4 is 16.4 Å². The molecule has 18 heavy (non-hydrogen) atoms. The Hall–Kier alpha value is -1.34. The number of aliphatic hydroxyl groups excluding tert-OH is 1. The van der Waals surface area contributed by atoms with E-state index in [0.717, 1.165) is 25.8 Å². The normalized spacial score (nSPS) is 16.3. The maximum atomic E-state index is 12.0. The number of amides is 1. The number of nitrogens with two attached hydrogens (primary N) is 1. The molecule has 5 N–H and O–H groups in total. The maximum absolute atomic E-state index is 12.0. The number of carbonyl (C=O) groups excluding carboxylic acids is 1. The highest BCUT2D eigenvalue weighted by Gasteiger charge is 2.44. The quantitative estimate of drug-likeness (QED) is 0.612. The number of nitrogen functional groups attached to an aromatic ring is 1. The van der Waals surface area contributed by atoms with Crippen LogP contribution in [0.2, 0.25) is 0 Å². The van der Waals surface area contributed by atoms with Gasteiger partial charge < -0.3 is 21.5 Å². The number of carbonyl (C=O) groups is 1. The molecule has 0 spiro atoms. The molecule has 0 saturated heterocycles. The second-order valence-electron chi connectivity index (χ2n) is 4.55. The van der Waals surface area contributed by atoms with Gasteiger partial charge in [0.15, 0.2) is 5.13 Å². The topological polar surface area (TPSA) is 100 Å². The molecule has 1 heterocycles. The molecule has 6 nitrogen and oxygen atoms in total. The van der Waals surface area contributed by atoms with Crippen molar-refractivity contribution in [2.75, 3.05) is 24.2 Å². The lowest BCUT2D eigenvalue weighted by Gasteiger charge is -2.13. The molecule has 0 aliphatic heterocycles. The average Bonchev–Trinajstić information content (AvgIpc) is 3.02. The Morgan fingerprint density at radius 2 is 2.33 bits per heavy atom. The van der Waals surface area contributed by atoms with Crippen LogP contribution in [0.4, 0.5) is 10.9 Å². The van der Waals surface area contributed by atoms with Crippen LogP contribution in [-0.2, 0) is 0 Å². The molecule has 1 amide bonds. The fraction of sp³-hybridized carbons (Fsp3) is 0.636. The van der Waals surface area contributed by atoms with Gasteiger partial charge in [0.1, 0.15) is 10.7 Å². The van der Waals surface area contributed by atoms with Gasteiger partial charge in [-0.1, -0.05) is 18.3 Å². The first-order chi connectivity index (χ1) is 8.60. The van der Waals surface area contributed by atoms with Crippen LogP contribution in [0.15, 0.2) is 0 Å². The first-order valence-corrected chi connectivity index (χ1v) is 6.85. The summed E-state index contributed by atoms with van der Waals surface area (Å²) in [6.45, 7) is 2.82. The van der Waals surface area contributed by atoms with E-state index in [9.17, 15) is 9.90 Å². The van der Waals surface area contributed by atoms with Crippen LogP contribution in [0.25, 0.3) is 0 Å². The summed E-state index contributed by atoms with van der Waals surface area (Å²) in [6, 6.07) is 0. The van der Waals surface area contributed by atoms with E-state index in [2.05, 4.69) is 22.5 Å². The minimum Gasteiger partial charge on any atom is -0.394 e. The average molecular weight is 270 g/mol. The van der Waals surface area contributed by atoms with Crippen LogP contribution in [0.1, 0.15) is 35.9 Å². The molecular weight excluding hydrogens is 252 g/mol. The third-order valence-corrected chi connectivity index (χ3v) is 3.95. The fourth-order valence-corrected chi connectivity index (χ4v) is 2.38. The lowest BCUT2D eigenvalue weighted by molar-refractivity contribution is 0.0911. The number of hydrogen-bond acceptors (Lipinski definition) is 6. The van der Waals surface area contributed by atoms with Crippen LogP contribution in [0, 0.1) is 0 Å². The van der Waals surface area contributed by atoms with E-state index in [1.54, 1.807) is 0 Å². The van der Waals surface area contributed by atoms with Crippen LogP contribution in [-0.4, -0.2) is 34.7 Å². The molecule has 1 fully saturated rings. The van der Waals surface area contributed by atoms with E-state index in [1.807, 2.05) is 0 Å². The summed E-state index contributed by atoms with van der Waals surface area (Å²) in [6.07, 6.45) is 2.61. The number of nitrogens with zero attached hydrogens (tertiary/aromatic N) is 1. The van der Waals surface area contributed by atoms with Gasteiger partial charge in [-0.25, -0.2) is 4.98 Å². The number of aliphatic hydroxyl groups is 1. The standard InChI is InChI=1S/C11H18N4O2S/c1-2-5-13-10-14-8(12)7(18-10)9(17)15-11(6-16)3-4-11/h16H,2-6,12H2,1H3,(H,13,14)(H,15,17). The Bertz CT molecular complexity index is 442. The summed E-state index contributed by atoms with van der Waals surface area (Å²) in [4.78, 5) is 16.5. The first kappa shape index (κ1) is 13.1. The van der Waals surface area contributed by atoms with Crippen LogP contribution >= 0.6 is 11.3 Å². The minimum atomic E-state index is -0.426. The summed E-state index contributed by atoms with van der Waals surface area (Å²) in [5, 5.41) is 15.8. The number of rotatable bonds is 6. The monoisotopic (exact) mass is 270 g/mol. The van der Waals surface area contributed by atoms with Gasteiger partial charge in [0, 0.05) is 6.54 Å². The van der Waals surface area contributed by atoms with Crippen molar-refractivity contribution in [1.29, 1.82) is 0 Å². The highest BCUT2D eigenvalue weighted by atomic mass is 32.1. The van der Waals surface area contributed by atoms with Gasteiger partial charge in [0.2, 0.25) is 0 Å². The number of hydrogen-bond donors (Lipinski definition) is 4. The van der Waals surface area contributed by atoms with Gasteiger partial charge in [-0.3, -0.25) is 4.79 Å². The molecule has 100 valence electrons. The molecule has 1 saturated carbocycles. The summed E-state index contributed by atoms with van der Waals surface area (Å²) >= 11 is 1.25. The van der Waals surface area contributed by atoms with Crippen LogP contribution in [0.3, 0.4) is 0 Å². The van der Waals surface area contributed by atoms with Crippen molar-refractivity contribution in [3.63, 3.8) is 0 Å². The lowest BCUT2D eigenvalue weighted by Crippen LogP contribution is -2.39. The summed E-state index contributed by atoms with van der Waals surface area (Å²) in [7, 11) is 0. The lowest BCUT2D eigenvalue weighted by atomic mass is 10.3. The Balaban J connectivity index is 2.03. The zero-order chi connectivity index (χ0) is 13.2. The molecule has 0 atom stereocenters. The molecular formula is C11H18N4O2S. The zero-order valence-corrected chi connectivity index (χ0v) is 11.1. The Kier molecular flexibility index (Phi) is 3.72. The van der Waals surface area contributed by atoms with E-state index < -0.39 is 5.54 Å². The number of thiazole rings is 1. The largest absolute Gasteiger partial charge is 0.394 e. The van der Waals surface area contributed by atoms with Crippen LogP contribution in [0.5, 0.6) is 0 Å². The first-order valence-electron chi connectivity index (χ1n) is 6.04. The van der Waals surface area contributed by atoms with Crippen molar-refractivity contribution in [1.82, 2.24) is 10.3 Å². The van der Waals surface area contributed by atoms with E-state index in [1.165, 1.54) is 11.3 Å². The van der Waals surface area contributed by atoms with E-state index in [4.69, 9.17) is 5.73 Å². The third-order valence-electron chi connectivity index (χ3n) is 2.92. The van der Waals surface area contributed by atoms with Crippen molar-refractivity contribution in [2.24, 2.45) is 0 Å². The minimum absolute atomic E-state index is 0.0294. The smallest absolute Gasteiger partial charge is 0.265 e. The van der Waals surface area contributed by atoms with Crippen molar-refractivity contribution in [2.45, 2.75) is 31.7 Å². The van der Waals surface area contributed by atoms with E-state index in [-0.39, 0.29) is 18.3 Å². The molecule has 0 bridgehead atoms. The highest BCUT2D eigenvalue weighted by molar-refractivity contribution is 7.18. The molecule has 2 rings (SSSR count). The predicted octanol–water partition coefficient (Wildman–Crippen LogP) is 0.802. The van der Waals surface area contributed by atoms with E-state index >= 15 is 0 Å².